The fourth-order valence-electron chi connectivity index (χ4n) is 8.86. The molecule has 0 aromatic heterocycles. The zero-order valence-electron chi connectivity index (χ0n) is 40.4. The summed E-state index contributed by atoms with van der Waals surface area (Å²) in [5, 5.41) is 33.4. The van der Waals surface area contributed by atoms with Gasteiger partial charge in [-0.25, -0.2) is 9.69 Å². The summed E-state index contributed by atoms with van der Waals surface area (Å²) in [5.74, 6) is -1.01. The zero-order valence-corrected chi connectivity index (χ0v) is 40.4. The van der Waals surface area contributed by atoms with E-state index in [2.05, 4.69) is 13.8 Å². The van der Waals surface area contributed by atoms with Gasteiger partial charge in [-0.1, -0.05) is 219 Å². The van der Waals surface area contributed by atoms with E-state index >= 15 is 0 Å². The SMILES string of the molecule is CCCCCCCCCCCCCCCCN(C(=O)CCCCCCCCCCCCCCC)[C@@H]1O[C@H](CO)[C@@H](O)[C@H](O)[C@H]1N(C(=O)OCc1ccccc1)C(=O)[C@@H](N)CC(C)C. The van der Waals surface area contributed by atoms with Crippen molar-refractivity contribution < 1.29 is 39.2 Å². The van der Waals surface area contributed by atoms with Crippen LogP contribution >= 0.6 is 0 Å². The second-order valence-corrected chi connectivity index (χ2v) is 18.9. The highest BCUT2D eigenvalue weighted by atomic mass is 16.6. The highest BCUT2D eigenvalue weighted by Gasteiger charge is 2.53. The van der Waals surface area contributed by atoms with Crippen molar-refractivity contribution in [2.24, 2.45) is 11.7 Å². The molecule has 0 radical (unpaired) electrons. The van der Waals surface area contributed by atoms with E-state index in [0.29, 0.717) is 18.4 Å². The van der Waals surface area contributed by atoms with Gasteiger partial charge in [0, 0.05) is 13.0 Å². The Morgan fingerprint density at radius 1 is 0.667 bits per heavy atom. The maximum Gasteiger partial charge on any atom is 0.417 e. The van der Waals surface area contributed by atoms with E-state index in [1.165, 1.54) is 127 Å². The lowest BCUT2D eigenvalue weighted by molar-refractivity contribution is -0.245. The van der Waals surface area contributed by atoms with E-state index < -0.39 is 55.2 Å². The minimum atomic E-state index is -1.76. The molecule has 11 heteroatoms. The van der Waals surface area contributed by atoms with Crippen LogP contribution in [-0.2, 0) is 25.7 Å². The third-order valence-corrected chi connectivity index (χ3v) is 12.7. The predicted molar refractivity (Wildman–Crippen MR) is 255 cm³/mol. The van der Waals surface area contributed by atoms with Crippen molar-refractivity contribution in [2.45, 2.75) is 257 Å². The molecule has 1 saturated heterocycles. The Labute approximate surface area is 383 Å². The van der Waals surface area contributed by atoms with Crippen molar-refractivity contribution in [3.63, 3.8) is 0 Å². The van der Waals surface area contributed by atoms with Crippen molar-refractivity contribution in [3.8, 4) is 0 Å². The Balaban J connectivity index is 2.21. The molecule has 11 nitrogen and oxygen atoms in total. The number of nitrogens with zero attached hydrogens (tertiary/aromatic N) is 2. The molecular weight excluding hydrogens is 795 g/mol. The molecule has 1 aliphatic rings. The Hall–Kier alpha value is -2.57. The molecule has 2 rings (SSSR count). The van der Waals surface area contributed by atoms with Crippen LogP contribution in [0.3, 0.4) is 0 Å². The number of ether oxygens (including phenoxy) is 2. The molecule has 0 spiro atoms. The second kappa shape index (κ2) is 35.7. The number of aliphatic hydroxyl groups is 3. The van der Waals surface area contributed by atoms with Gasteiger partial charge in [0.2, 0.25) is 11.8 Å². The van der Waals surface area contributed by atoms with Crippen LogP contribution in [0.25, 0.3) is 0 Å². The average molecular weight is 888 g/mol. The fraction of sp³-hybridized carbons (Fsp3) is 0.827. The summed E-state index contributed by atoms with van der Waals surface area (Å²) in [5.41, 5.74) is 7.13. The minimum Gasteiger partial charge on any atom is -0.444 e. The van der Waals surface area contributed by atoms with E-state index in [4.69, 9.17) is 15.2 Å². The molecule has 1 aliphatic heterocycles. The lowest BCUT2D eigenvalue weighted by Crippen LogP contribution is -2.71. The standard InChI is InChI=1S/C52H93N3O8/c1-5-7-9-11-13-15-17-19-21-23-25-27-29-34-38-54(46(57)37-33-28-26-24-22-20-18-16-14-12-10-8-6-2)51-47(49(59)48(58)45(40-56)63-51)55(50(60)44(53)39-42(3)4)52(61)62-41-43-35-31-30-32-36-43/h30-32,35-36,42,44-45,47-49,51,56,58-59H,5-29,33-34,37-41,53H2,1-4H3/t44-,45+,47+,48+,49+,51+/m0/s1. The molecule has 3 amide bonds. The average Bonchev–Trinajstić information content (AvgIpc) is 3.27. The Bertz CT molecular complexity index is 1300. The van der Waals surface area contributed by atoms with Crippen LogP contribution in [0.5, 0.6) is 0 Å². The lowest BCUT2D eigenvalue weighted by Gasteiger charge is -2.49. The molecule has 0 saturated carbocycles. The van der Waals surface area contributed by atoms with Gasteiger partial charge >= 0.3 is 6.09 Å². The summed E-state index contributed by atoms with van der Waals surface area (Å²) in [6.07, 6.45) is 25.3. The summed E-state index contributed by atoms with van der Waals surface area (Å²) in [6.45, 7) is 7.79. The molecular formula is C52H93N3O8. The predicted octanol–water partition coefficient (Wildman–Crippen LogP) is 11.1. The minimum absolute atomic E-state index is 0.0116. The van der Waals surface area contributed by atoms with E-state index in [9.17, 15) is 29.7 Å². The summed E-state index contributed by atoms with van der Waals surface area (Å²) < 4.78 is 12.0. The van der Waals surface area contributed by atoms with Crippen LogP contribution in [-0.4, -0.2) is 92.8 Å². The molecule has 1 heterocycles. The molecule has 5 N–H and O–H groups in total. The van der Waals surface area contributed by atoms with Crippen molar-refractivity contribution in [1.82, 2.24) is 9.80 Å². The number of unbranched alkanes of at least 4 members (excludes halogenated alkanes) is 25. The van der Waals surface area contributed by atoms with Crippen LogP contribution in [0, 0.1) is 5.92 Å². The number of carbonyl (C=O) groups is 3. The molecule has 6 atom stereocenters. The van der Waals surface area contributed by atoms with E-state index in [0.717, 1.165) is 43.4 Å². The Morgan fingerprint density at radius 2 is 1.11 bits per heavy atom. The Kier molecular flexibility index (Phi) is 32.0. The first-order chi connectivity index (χ1) is 30.6. The number of rotatable bonds is 37. The van der Waals surface area contributed by atoms with Crippen molar-refractivity contribution >= 4 is 17.9 Å². The van der Waals surface area contributed by atoms with Crippen LogP contribution in [0.4, 0.5) is 4.79 Å². The Morgan fingerprint density at radius 3 is 1.56 bits per heavy atom. The molecule has 0 aliphatic carbocycles. The first kappa shape index (κ1) is 56.6. The number of hydrogen-bond acceptors (Lipinski definition) is 9. The van der Waals surface area contributed by atoms with Crippen LogP contribution in [0.2, 0.25) is 0 Å². The molecule has 63 heavy (non-hydrogen) atoms. The third kappa shape index (κ3) is 23.4. The molecule has 0 bridgehead atoms. The van der Waals surface area contributed by atoms with E-state index in [-0.39, 0.29) is 37.8 Å². The largest absolute Gasteiger partial charge is 0.444 e. The first-order valence-electron chi connectivity index (χ1n) is 25.8. The number of nitrogens with two attached hydrogens (primary N) is 1. The fourth-order valence-corrected chi connectivity index (χ4v) is 8.86. The first-order valence-corrected chi connectivity index (χ1v) is 25.8. The van der Waals surface area contributed by atoms with Gasteiger partial charge in [0.05, 0.1) is 12.6 Å². The maximum atomic E-state index is 14.4. The molecule has 1 fully saturated rings. The number of amides is 3. The summed E-state index contributed by atoms with van der Waals surface area (Å²) >= 11 is 0. The van der Waals surface area contributed by atoms with Crippen LogP contribution in [0.1, 0.15) is 219 Å². The maximum absolute atomic E-state index is 14.4. The number of carbonyl (C=O) groups excluding carboxylic acids is 3. The smallest absolute Gasteiger partial charge is 0.417 e. The van der Waals surface area contributed by atoms with Gasteiger partial charge in [-0.3, -0.25) is 9.59 Å². The number of benzene rings is 1. The van der Waals surface area contributed by atoms with Crippen molar-refractivity contribution in [1.29, 1.82) is 0 Å². The molecule has 364 valence electrons. The number of aliphatic hydroxyl groups excluding tert-OH is 3. The van der Waals surface area contributed by atoms with Crippen LogP contribution < -0.4 is 5.73 Å². The van der Waals surface area contributed by atoms with E-state index in [1.807, 2.05) is 32.0 Å². The highest BCUT2D eigenvalue weighted by molar-refractivity contribution is 5.95. The summed E-state index contributed by atoms with van der Waals surface area (Å²) in [6, 6.07) is 6.36. The molecule has 1 aromatic rings. The normalized spacial score (nSPS) is 19.3. The molecule has 0 unspecified atom stereocenters. The second-order valence-electron chi connectivity index (χ2n) is 18.9. The number of imide groups is 1. The van der Waals surface area contributed by atoms with Gasteiger partial charge in [-0.05, 0) is 30.7 Å². The van der Waals surface area contributed by atoms with Gasteiger partial charge < -0.3 is 35.4 Å². The van der Waals surface area contributed by atoms with Gasteiger partial charge in [0.15, 0.2) is 6.23 Å². The van der Waals surface area contributed by atoms with Gasteiger partial charge in [0.25, 0.3) is 0 Å². The topological polar surface area (TPSA) is 163 Å². The highest BCUT2D eigenvalue weighted by Crippen LogP contribution is 2.31. The van der Waals surface area contributed by atoms with E-state index in [1.54, 1.807) is 12.1 Å². The van der Waals surface area contributed by atoms with Crippen molar-refractivity contribution in [3.05, 3.63) is 35.9 Å². The summed E-state index contributed by atoms with van der Waals surface area (Å²) in [7, 11) is 0. The molecule has 1 aromatic carbocycles. The monoisotopic (exact) mass is 888 g/mol. The van der Waals surface area contributed by atoms with Crippen LogP contribution in [0.15, 0.2) is 30.3 Å². The lowest BCUT2D eigenvalue weighted by atomic mass is 9.92. The van der Waals surface area contributed by atoms with Gasteiger partial charge in [0.1, 0.15) is 31.0 Å². The van der Waals surface area contributed by atoms with Gasteiger partial charge in [-0.2, -0.15) is 0 Å². The quantitative estimate of drug-likeness (QED) is 0.0476. The van der Waals surface area contributed by atoms with Crippen molar-refractivity contribution in [2.75, 3.05) is 13.2 Å². The summed E-state index contributed by atoms with van der Waals surface area (Å²) in [4.78, 5) is 45.1. The number of hydrogen-bond donors (Lipinski definition) is 4. The third-order valence-electron chi connectivity index (χ3n) is 12.7. The zero-order chi connectivity index (χ0) is 46.1. The van der Waals surface area contributed by atoms with Gasteiger partial charge in [-0.15, -0.1) is 0 Å².